The summed E-state index contributed by atoms with van der Waals surface area (Å²) in [4.78, 5) is 4.33. The molecule has 0 N–H and O–H groups in total. The number of hydrogen-bond acceptors (Lipinski definition) is 2. The standard InChI is InChI=1S/C12H11NO/c1-2-4-12-11(3-1)9(5-6-13-12)7-10-8-14-10/h1-6,10H,7-8H2. The highest BCUT2D eigenvalue weighted by atomic mass is 16.6. The van der Waals surface area contributed by atoms with Crippen LogP contribution in [0.1, 0.15) is 5.56 Å². The van der Waals surface area contributed by atoms with Gasteiger partial charge in [0.15, 0.2) is 0 Å². The predicted molar refractivity (Wildman–Crippen MR) is 55.2 cm³/mol. The molecule has 70 valence electrons. The molecule has 1 aliphatic heterocycles. The first kappa shape index (κ1) is 7.94. The van der Waals surface area contributed by atoms with Crippen molar-refractivity contribution in [2.24, 2.45) is 0 Å². The summed E-state index contributed by atoms with van der Waals surface area (Å²) in [7, 11) is 0. The Morgan fingerprint density at radius 1 is 1.29 bits per heavy atom. The molecule has 1 fully saturated rings. The van der Waals surface area contributed by atoms with Crippen LogP contribution >= 0.6 is 0 Å². The minimum Gasteiger partial charge on any atom is -0.373 e. The quantitative estimate of drug-likeness (QED) is 0.670. The lowest BCUT2D eigenvalue weighted by atomic mass is 10.1. The molecule has 2 aromatic rings. The Bertz CT molecular complexity index is 457. The smallest absolute Gasteiger partial charge is 0.0850 e. The summed E-state index contributed by atoms with van der Waals surface area (Å²) in [5.41, 5.74) is 2.42. The van der Waals surface area contributed by atoms with Gasteiger partial charge in [-0.25, -0.2) is 0 Å². The molecular formula is C12H11NO. The highest BCUT2D eigenvalue weighted by Gasteiger charge is 2.23. The monoisotopic (exact) mass is 185 g/mol. The summed E-state index contributed by atoms with van der Waals surface area (Å²) in [6, 6.07) is 10.3. The summed E-state index contributed by atoms with van der Waals surface area (Å²) in [6.07, 6.45) is 3.34. The first-order valence-corrected chi connectivity index (χ1v) is 4.88. The van der Waals surface area contributed by atoms with Crippen molar-refractivity contribution in [1.29, 1.82) is 0 Å². The lowest BCUT2D eigenvalue weighted by molar-refractivity contribution is 0.408. The van der Waals surface area contributed by atoms with Crippen LogP contribution in [0.4, 0.5) is 0 Å². The van der Waals surface area contributed by atoms with E-state index in [1.165, 1.54) is 10.9 Å². The third kappa shape index (κ3) is 1.38. The summed E-state index contributed by atoms with van der Waals surface area (Å²) >= 11 is 0. The van der Waals surface area contributed by atoms with Crippen LogP contribution in [0.2, 0.25) is 0 Å². The fourth-order valence-electron chi connectivity index (χ4n) is 1.76. The van der Waals surface area contributed by atoms with E-state index in [9.17, 15) is 0 Å². The maximum atomic E-state index is 5.24. The fourth-order valence-corrected chi connectivity index (χ4v) is 1.76. The average molecular weight is 185 g/mol. The van der Waals surface area contributed by atoms with Crippen molar-refractivity contribution in [3.8, 4) is 0 Å². The molecule has 0 amide bonds. The number of ether oxygens (including phenoxy) is 1. The van der Waals surface area contributed by atoms with E-state index in [1.807, 2.05) is 18.3 Å². The van der Waals surface area contributed by atoms with Gasteiger partial charge in [0.05, 0.1) is 18.2 Å². The van der Waals surface area contributed by atoms with E-state index in [0.717, 1.165) is 18.5 Å². The van der Waals surface area contributed by atoms with E-state index in [2.05, 4.69) is 23.2 Å². The van der Waals surface area contributed by atoms with E-state index in [1.54, 1.807) is 0 Å². The van der Waals surface area contributed by atoms with Crippen LogP contribution in [-0.4, -0.2) is 17.7 Å². The number of benzene rings is 1. The van der Waals surface area contributed by atoms with Crippen LogP contribution in [0, 0.1) is 0 Å². The Labute approximate surface area is 82.5 Å². The Morgan fingerprint density at radius 3 is 3.00 bits per heavy atom. The lowest BCUT2D eigenvalue weighted by Crippen LogP contribution is -1.94. The van der Waals surface area contributed by atoms with Gasteiger partial charge in [-0.2, -0.15) is 0 Å². The van der Waals surface area contributed by atoms with Gasteiger partial charge >= 0.3 is 0 Å². The van der Waals surface area contributed by atoms with Gasteiger partial charge in [-0.3, -0.25) is 4.98 Å². The predicted octanol–water partition coefficient (Wildman–Crippen LogP) is 2.18. The van der Waals surface area contributed by atoms with Crippen molar-refractivity contribution in [2.75, 3.05) is 6.61 Å². The summed E-state index contributed by atoms with van der Waals surface area (Å²) in [5, 5.41) is 1.26. The Kier molecular flexibility index (Phi) is 1.74. The minimum atomic E-state index is 0.445. The van der Waals surface area contributed by atoms with Crippen molar-refractivity contribution in [1.82, 2.24) is 4.98 Å². The molecule has 1 aromatic carbocycles. The van der Waals surface area contributed by atoms with Gasteiger partial charge in [0, 0.05) is 18.0 Å². The molecular weight excluding hydrogens is 174 g/mol. The second kappa shape index (κ2) is 3.07. The fraction of sp³-hybridized carbons (Fsp3) is 0.250. The van der Waals surface area contributed by atoms with Crippen LogP contribution in [0.25, 0.3) is 10.9 Å². The topological polar surface area (TPSA) is 25.4 Å². The molecule has 1 atom stereocenters. The number of pyridine rings is 1. The molecule has 1 aromatic heterocycles. The molecule has 0 bridgehead atoms. The molecule has 3 rings (SSSR count). The molecule has 2 nitrogen and oxygen atoms in total. The van der Waals surface area contributed by atoms with Crippen molar-refractivity contribution in [3.63, 3.8) is 0 Å². The van der Waals surface area contributed by atoms with Crippen LogP contribution < -0.4 is 0 Å². The molecule has 0 spiro atoms. The van der Waals surface area contributed by atoms with Crippen LogP contribution in [0.5, 0.6) is 0 Å². The highest BCUT2D eigenvalue weighted by molar-refractivity contribution is 5.81. The SMILES string of the molecule is c1ccc2c(CC3CO3)ccnc2c1. The van der Waals surface area contributed by atoms with Gasteiger partial charge in [-0.15, -0.1) is 0 Å². The number of epoxide rings is 1. The van der Waals surface area contributed by atoms with Crippen LogP contribution in [-0.2, 0) is 11.2 Å². The number of rotatable bonds is 2. The Hall–Kier alpha value is -1.41. The molecule has 14 heavy (non-hydrogen) atoms. The number of nitrogens with zero attached hydrogens (tertiary/aromatic N) is 1. The zero-order valence-corrected chi connectivity index (χ0v) is 7.81. The van der Waals surface area contributed by atoms with Crippen molar-refractivity contribution in [3.05, 3.63) is 42.1 Å². The summed E-state index contributed by atoms with van der Waals surface area (Å²) < 4.78 is 5.24. The normalized spacial score (nSPS) is 19.9. The van der Waals surface area contributed by atoms with Crippen LogP contribution in [0.3, 0.4) is 0 Å². The summed E-state index contributed by atoms with van der Waals surface area (Å²) in [5.74, 6) is 0. The van der Waals surface area contributed by atoms with E-state index in [-0.39, 0.29) is 0 Å². The molecule has 0 radical (unpaired) electrons. The largest absolute Gasteiger partial charge is 0.373 e. The number of aromatic nitrogens is 1. The van der Waals surface area contributed by atoms with Gasteiger partial charge in [0.2, 0.25) is 0 Å². The Balaban J connectivity index is 2.11. The third-order valence-corrected chi connectivity index (χ3v) is 2.59. The molecule has 1 unspecified atom stereocenters. The van der Waals surface area contributed by atoms with Crippen molar-refractivity contribution < 1.29 is 4.74 Å². The van der Waals surface area contributed by atoms with Gasteiger partial charge in [0.25, 0.3) is 0 Å². The second-order valence-corrected chi connectivity index (χ2v) is 3.65. The first-order chi connectivity index (χ1) is 6.93. The van der Waals surface area contributed by atoms with E-state index in [4.69, 9.17) is 4.74 Å². The molecule has 1 saturated heterocycles. The zero-order valence-electron chi connectivity index (χ0n) is 7.81. The molecule has 0 aliphatic carbocycles. The van der Waals surface area contributed by atoms with Gasteiger partial charge in [-0.1, -0.05) is 18.2 Å². The molecule has 2 heteroatoms. The summed E-state index contributed by atoms with van der Waals surface area (Å²) in [6.45, 7) is 0.913. The number of fused-ring (bicyclic) bond motifs is 1. The zero-order chi connectivity index (χ0) is 9.38. The first-order valence-electron chi connectivity index (χ1n) is 4.88. The van der Waals surface area contributed by atoms with Gasteiger partial charge < -0.3 is 4.74 Å². The van der Waals surface area contributed by atoms with Crippen molar-refractivity contribution in [2.45, 2.75) is 12.5 Å². The molecule has 2 heterocycles. The Morgan fingerprint density at radius 2 is 2.14 bits per heavy atom. The van der Waals surface area contributed by atoms with Crippen molar-refractivity contribution >= 4 is 10.9 Å². The average Bonchev–Trinajstić information content (AvgIpc) is 3.03. The maximum Gasteiger partial charge on any atom is 0.0850 e. The lowest BCUT2D eigenvalue weighted by Gasteiger charge is -2.03. The molecule has 0 saturated carbocycles. The second-order valence-electron chi connectivity index (χ2n) is 3.65. The number of para-hydroxylation sites is 1. The third-order valence-electron chi connectivity index (χ3n) is 2.59. The minimum absolute atomic E-state index is 0.445. The molecule has 1 aliphatic rings. The maximum absolute atomic E-state index is 5.24. The van der Waals surface area contributed by atoms with E-state index in [0.29, 0.717) is 6.10 Å². The van der Waals surface area contributed by atoms with Gasteiger partial charge in [-0.05, 0) is 17.7 Å². The van der Waals surface area contributed by atoms with E-state index >= 15 is 0 Å². The van der Waals surface area contributed by atoms with Gasteiger partial charge in [0.1, 0.15) is 0 Å². The van der Waals surface area contributed by atoms with E-state index < -0.39 is 0 Å². The van der Waals surface area contributed by atoms with Crippen LogP contribution in [0.15, 0.2) is 36.5 Å². The highest BCUT2D eigenvalue weighted by Crippen LogP contribution is 2.22. The number of hydrogen-bond donors (Lipinski definition) is 0.